The summed E-state index contributed by atoms with van der Waals surface area (Å²) in [6.45, 7) is 4.04. The predicted molar refractivity (Wildman–Crippen MR) is 92.0 cm³/mol. The predicted octanol–water partition coefficient (Wildman–Crippen LogP) is 0.821. The highest BCUT2D eigenvalue weighted by Gasteiger charge is 2.13. The van der Waals surface area contributed by atoms with Crippen LogP contribution in [0.3, 0.4) is 0 Å². The first kappa shape index (κ1) is 18.3. The molecule has 2 rings (SSSR count). The van der Waals surface area contributed by atoms with Gasteiger partial charge in [0.25, 0.3) is 5.56 Å². The third kappa shape index (κ3) is 4.72. The molecule has 0 aliphatic carbocycles. The van der Waals surface area contributed by atoms with E-state index >= 15 is 0 Å². The van der Waals surface area contributed by atoms with Crippen LogP contribution >= 0.6 is 0 Å². The van der Waals surface area contributed by atoms with E-state index in [0.29, 0.717) is 18.1 Å². The van der Waals surface area contributed by atoms with Gasteiger partial charge in [-0.25, -0.2) is 4.79 Å². The van der Waals surface area contributed by atoms with Gasteiger partial charge in [-0.2, -0.15) is 0 Å². The summed E-state index contributed by atoms with van der Waals surface area (Å²) in [7, 11) is 1.55. The smallest absolute Gasteiger partial charge is 0.328 e. The van der Waals surface area contributed by atoms with Gasteiger partial charge in [0.05, 0.1) is 19.8 Å². The zero-order chi connectivity index (χ0) is 18.4. The van der Waals surface area contributed by atoms with Crippen LogP contribution in [0.15, 0.2) is 40.1 Å². The SMILES string of the molecule is CCOc1ccc([C@H](C)NC(=O)Cn2ccc(=O)[nH]c2=O)cc1OC. The number of H-pyrrole nitrogens is 1. The number of rotatable bonds is 7. The molecule has 1 aromatic heterocycles. The minimum Gasteiger partial charge on any atom is -0.493 e. The standard InChI is InChI=1S/C17H21N3O5/c1-4-25-13-6-5-12(9-14(13)24-3)11(2)18-16(22)10-20-8-7-15(21)19-17(20)23/h5-9,11H,4,10H2,1-3H3,(H,18,22)(H,19,21,23)/t11-/m0/s1. The molecule has 0 spiro atoms. The molecule has 134 valence electrons. The van der Waals surface area contributed by atoms with Crippen LogP contribution in [-0.4, -0.2) is 29.2 Å². The molecule has 25 heavy (non-hydrogen) atoms. The Morgan fingerprint density at radius 1 is 1.28 bits per heavy atom. The van der Waals surface area contributed by atoms with Gasteiger partial charge in [-0.05, 0) is 31.5 Å². The number of aromatic amines is 1. The molecule has 0 saturated heterocycles. The Kier molecular flexibility index (Phi) is 5.99. The molecule has 0 unspecified atom stereocenters. The van der Waals surface area contributed by atoms with E-state index in [4.69, 9.17) is 9.47 Å². The van der Waals surface area contributed by atoms with Crippen molar-refractivity contribution in [2.24, 2.45) is 0 Å². The summed E-state index contributed by atoms with van der Waals surface area (Å²) >= 11 is 0. The molecular weight excluding hydrogens is 326 g/mol. The first-order chi connectivity index (χ1) is 11.9. The summed E-state index contributed by atoms with van der Waals surface area (Å²) in [5.74, 6) is 0.860. The lowest BCUT2D eigenvalue weighted by Gasteiger charge is -2.17. The molecule has 2 aromatic rings. The van der Waals surface area contributed by atoms with Crippen molar-refractivity contribution in [1.29, 1.82) is 0 Å². The Morgan fingerprint density at radius 3 is 2.68 bits per heavy atom. The van der Waals surface area contributed by atoms with Crippen molar-refractivity contribution in [3.63, 3.8) is 0 Å². The lowest BCUT2D eigenvalue weighted by molar-refractivity contribution is -0.122. The first-order valence-electron chi connectivity index (χ1n) is 7.84. The molecule has 0 radical (unpaired) electrons. The summed E-state index contributed by atoms with van der Waals surface area (Å²) in [4.78, 5) is 36.9. The number of nitrogens with zero attached hydrogens (tertiary/aromatic N) is 1. The van der Waals surface area contributed by atoms with E-state index in [2.05, 4.69) is 10.3 Å². The highest BCUT2D eigenvalue weighted by atomic mass is 16.5. The summed E-state index contributed by atoms with van der Waals surface area (Å²) in [6.07, 6.45) is 1.28. The zero-order valence-corrected chi connectivity index (χ0v) is 14.4. The van der Waals surface area contributed by atoms with E-state index in [0.717, 1.165) is 10.1 Å². The second kappa shape index (κ2) is 8.18. The fraction of sp³-hybridized carbons (Fsp3) is 0.353. The maximum Gasteiger partial charge on any atom is 0.328 e. The normalized spacial score (nSPS) is 11.6. The molecule has 8 heteroatoms. The van der Waals surface area contributed by atoms with Crippen molar-refractivity contribution in [2.75, 3.05) is 13.7 Å². The minimum absolute atomic E-state index is 0.186. The third-order valence-corrected chi connectivity index (χ3v) is 3.58. The van der Waals surface area contributed by atoms with Crippen molar-refractivity contribution in [1.82, 2.24) is 14.9 Å². The van der Waals surface area contributed by atoms with Crippen LogP contribution in [0.2, 0.25) is 0 Å². The van der Waals surface area contributed by atoms with E-state index in [9.17, 15) is 14.4 Å². The summed E-state index contributed by atoms with van der Waals surface area (Å²) in [6, 6.07) is 6.31. The molecule has 1 amide bonds. The number of carbonyl (C=O) groups is 1. The van der Waals surface area contributed by atoms with Crippen LogP contribution in [0, 0.1) is 0 Å². The topological polar surface area (TPSA) is 102 Å². The van der Waals surface area contributed by atoms with Gasteiger partial charge in [-0.15, -0.1) is 0 Å². The highest BCUT2D eigenvalue weighted by Crippen LogP contribution is 2.30. The van der Waals surface area contributed by atoms with Gasteiger partial charge in [0.1, 0.15) is 6.54 Å². The van der Waals surface area contributed by atoms with Crippen molar-refractivity contribution in [3.8, 4) is 11.5 Å². The molecule has 1 heterocycles. The van der Waals surface area contributed by atoms with E-state index in [-0.39, 0.29) is 18.5 Å². The number of hydrogen-bond acceptors (Lipinski definition) is 5. The maximum atomic E-state index is 12.1. The number of methoxy groups -OCH3 is 1. The zero-order valence-electron chi connectivity index (χ0n) is 14.4. The van der Waals surface area contributed by atoms with Crippen LogP contribution in [0.25, 0.3) is 0 Å². The van der Waals surface area contributed by atoms with Crippen molar-refractivity contribution < 1.29 is 14.3 Å². The number of ether oxygens (including phenoxy) is 2. The van der Waals surface area contributed by atoms with Crippen LogP contribution in [0.1, 0.15) is 25.5 Å². The van der Waals surface area contributed by atoms with Gasteiger partial charge in [0.2, 0.25) is 5.91 Å². The molecule has 0 fully saturated rings. The van der Waals surface area contributed by atoms with Gasteiger partial charge in [0.15, 0.2) is 11.5 Å². The van der Waals surface area contributed by atoms with E-state index in [1.165, 1.54) is 12.3 Å². The lowest BCUT2D eigenvalue weighted by atomic mass is 10.1. The van der Waals surface area contributed by atoms with E-state index < -0.39 is 11.2 Å². The Bertz CT molecular complexity index is 856. The van der Waals surface area contributed by atoms with Gasteiger partial charge in [-0.1, -0.05) is 6.07 Å². The van der Waals surface area contributed by atoms with E-state index in [1.807, 2.05) is 19.9 Å². The molecule has 2 N–H and O–H groups in total. The van der Waals surface area contributed by atoms with E-state index in [1.54, 1.807) is 19.2 Å². The molecular formula is C17H21N3O5. The third-order valence-electron chi connectivity index (χ3n) is 3.58. The number of aromatic nitrogens is 2. The largest absolute Gasteiger partial charge is 0.493 e. The Hall–Kier alpha value is -3.03. The van der Waals surface area contributed by atoms with Crippen molar-refractivity contribution in [2.45, 2.75) is 26.4 Å². The number of hydrogen-bond donors (Lipinski definition) is 2. The van der Waals surface area contributed by atoms with Gasteiger partial charge in [0, 0.05) is 12.3 Å². The quantitative estimate of drug-likeness (QED) is 0.772. The Labute approximate surface area is 144 Å². The number of nitrogens with one attached hydrogen (secondary N) is 2. The molecule has 1 aromatic carbocycles. The fourth-order valence-electron chi connectivity index (χ4n) is 2.32. The second-order valence-electron chi connectivity index (χ2n) is 5.37. The molecule has 8 nitrogen and oxygen atoms in total. The Balaban J connectivity index is 2.08. The van der Waals surface area contributed by atoms with Crippen LogP contribution < -0.4 is 26.0 Å². The summed E-state index contributed by atoms with van der Waals surface area (Å²) in [5, 5.41) is 2.80. The molecule has 0 bridgehead atoms. The molecule has 0 aliphatic heterocycles. The summed E-state index contributed by atoms with van der Waals surface area (Å²) in [5.41, 5.74) is -0.294. The van der Waals surface area contributed by atoms with Crippen LogP contribution in [0.4, 0.5) is 0 Å². The minimum atomic E-state index is -0.627. The fourth-order valence-corrected chi connectivity index (χ4v) is 2.32. The average Bonchev–Trinajstić information content (AvgIpc) is 2.58. The second-order valence-corrected chi connectivity index (χ2v) is 5.37. The average molecular weight is 347 g/mol. The number of benzene rings is 1. The summed E-state index contributed by atoms with van der Waals surface area (Å²) < 4.78 is 11.9. The number of amides is 1. The number of carbonyl (C=O) groups excluding carboxylic acids is 1. The van der Waals surface area contributed by atoms with Crippen LogP contribution in [0.5, 0.6) is 11.5 Å². The van der Waals surface area contributed by atoms with Gasteiger partial charge < -0.3 is 14.8 Å². The first-order valence-corrected chi connectivity index (χ1v) is 7.84. The molecule has 0 saturated carbocycles. The monoisotopic (exact) mass is 347 g/mol. The van der Waals surface area contributed by atoms with Crippen molar-refractivity contribution in [3.05, 3.63) is 56.9 Å². The molecule has 0 aliphatic rings. The molecule has 1 atom stereocenters. The highest BCUT2D eigenvalue weighted by molar-refractivity contribution is 5.76. The lowest BCUT2D eigenvalue weighted by Crippen LogP contribution is -2.36. The van der Waals surface area contributed by atoms with Crippen molar-refractivity contribution >= 4 is 5.91 Å². The van der Waals surface area contributed by atoms with Gasteiger partial charge in [-0.3, -0.25) is 19.1 Å². The van der Waals surface area contributed by atoms with Crippen LogP contribution in [-0.2, 0) is 11.3 Å². The Morgan fingerprint density at radius 2 is 2.04 bits per heavy atom. The van der Waals surface area contributed by atoms with Gasteiger partial charge >= 0.3 is 5.69 Å². The maximum absolute atomic E-state index is 12.1.